The maximum atomic E-state index is 15.1. The van der Waals surface area contributed by atoms with E-state index < -0.39 is 41.8 Å². The molecule has 3 heterocycles. The Balaban J connectivity index is 1.27. The molecular weight excluding hydrogens is 619 g/mol. The number of amides is 2. The van der Waals surface area contributed by atoms with Gasteiger partial charge in [-0.3, -0.25) is 9.59 Å². The molecule has 6 rings (SSSR count). The summed E-state index contributed by atoms with van der Waals surface area (Å²) in [4.78, 5) is 30.9. The summed E-state index contributed by atoms with van der Waals surface area (Å²) >= 11 is 0. The number of pyridine rings is 1. The summed E-state index contributed by atoms with van der Waals surface area (Å²) in [7, 11) is 0. The number of hydrogen-bond acceptors (Lipinski definition) is 5. The predicted octanol–water partition coefficient (Wildman–Crippen LogP) is 7.28. The zero-order valence-electron chi connectivity index (χ0n) is 25.0. The molecule has 7 nitrogen and oxygen atoms in total. The number of piperidine rings is 1. The fourth-order valence-electron chi connectivity index (χ4n) is 5.59. The van der Waals surface area contributed by atoms with Gasteiger partial charge in [0.25, 0.3) is 11.8 Å². The number of carbonyl (C=O) groups excluding carboxylic acids is 2. The third-order valence-electron chi connectivity index (χ3n) is 8.14. The van der Waals surface area contributed by atoms with E-state index in [4.69, 9.17) is 10.2 Å². The Bertz CT molecular complexity index is 1930. The van der Waals surface area contributed by atoms with Crippen LogP contribution in [0.25, 0.3) is 33.2 Å². The van der Waals surface area contributed by atoms with Gasteiger partial charge in [-0.05, 0) is 59.5 Å². The molecule has 0 spiro atoms. The Morgan fingerprint density at radius 3 is 2.28 bits per heavy atom. The Labute approximate surface area is 266 Å². The number of alkyl halides is 2. The van der Waals surface area contributed by atoms with Crippen LogP contribution in [0.2, 0.25) is 0 Å². The summed E-state index contributed by atoms with van der Waals surface area (Å²) in [6, 6.07) is 15.9. The number of anilines is 1. The van der Waals surface area contributed by atoms with Gasteiger partial charge in [-0.2, -0.15) is 0 Å². The molecule has 47 heavy (non-hydrogen) atoms. The van der Waals surface area contributed by atoms with Gasteiger partial charge in [-0.15, -0.1) is 0 Å². The van der Waals surface area contributed by atoms with Gasteiger partial charge in [-0.1, -0.05) is 18.2 Å². The minimum atomic E-state index is -2.78. The quantitative estimate of drug-likeness (QED) is 0.172. The molecule has 2 amide bonds. The van der Waals surface area contributed by atoms with E-state index in [9.17, 15) is 22.8 Å². The predicted molar refractivity (Wildman–Crippen MR) is 166 cm³/mol. The van der Waals surface area contributed by atoms with Crippen LogP contribution in [0.1, 0.15) is 40.9 Å². The van der Waals surface area contributed by atoms with E-state index in [1.54, 1.807) is 54.7 Å². The molecule has 1 fully saturated rings. The molecule has 0 bridgehead atoms. The van der Waals surface area contributed by atoms with Gasteiger partial charge < -0.3 is 20.4 Å². The zero-order valence-corrected chi connectivity index (χ0v) is 25.0. The van der Waals surface area contributed by atoms with Crippen molar-refractivity contribution in [1.82, 2.24) is 15.2 Å². The second-order valence-corrected chi connectivity index (χ2v) is 11.5. The highest BCUT2D eigenvalue weighted by Crippen LogP contribution is 2.39. The first-order chi connectivity index (χ1) is 22.5. The fraction of sp³-hybridized carbons (Fsp3) is 0.229. The van der Waals surface area contributed by atoms with Gasteiger partial charge in [0.1, 0.15) is 34.6 Å². The van der Waals surface area contributed by atoms with E-state index in [1.807, 2.05) is 0 Å². The summed E-state index contributed by atoms with van der Waals surface area (Å²) in [6.07, 6.45) is 1.42. The Morgan fingerprint density at radius 2 is 1.62 bits per heavy atom. The van der Waals surface area contributed by atoms with Crippen LogP contribution in [0.15, 0.2) is 77.3 Å². The van der Waals surface area contributed by atoms with E-state index >= 15 is 8.78 Å². The minimum Gasteiger partial charge on any atom is -0.459 e. The van der Waals surface area contributed by atoms with Gasteiger partial charge >= 0.3 is 0 Å². The number of rotatable bonds is 8. The number of carbonyl (C=O) groups is 2. The van der Waals surface area contributed by atoms with Crippen LogP contribution in [0.4, 0.5) is 27.8 Å². The molecule has 0 unspecified atom stereocenters. The van der Waals surface area contributed by atoms with Crippen molar-refractivity contribution in [3.05, 3.63) is 107 Å². The minimum absolute atomic E-state index is 0.00407. The highest BCUT2D eigenvalue weighted by molar-refractivity contribution is 5.98. The number of nitrogen functional groups attached to an aromatic ring is 1. The number of nitrogens with one attached hydrogen (secondary N) is 1. The van der Waals surface area contributed by atoms with Crippen molar-refractivity contribution in [3.8, 4) is 22.3 Å². The standard InChI is InChI=1S/C35H29F5N4O3/c36-25-16-28(37)32(29(38)17-25)27-15-23(21-3-5-22(6-4-21)34(46)44-11-9-35(39,40)10-12-44)13-24-14-26(47-33(24)27)19-43-31(45)8-2-20-1-7-30(41)42-18-20/h1,3-7,13-18H,2,8-12,19H2,(H2,41,42)(H,43,45). The summed E-state index contributed by atoms with van der Waals surface area (Å²) in [5.41, 5.74) is 7.51. The Hall–Kier alpha value is -5.26. The van der Waals surface area contributed by atoms with Crippen molar-refractivity contribution in [2.45, 2.75) is 38.2 Å². The van der Waals surface area contributed by atoms with Crippen LogP contribution >= 0.6 is 0 Å². The van der Waals surface area contributed by atoms with Crippen molar-refractivity contribution in [2.24, 2.45) is 0 Å². The Kier molecular flexibility index (Phi) is 8.67. The number of furan rings is 1. The lowest BCUT2D eigenvalue weighted by Gasteiger charge is -2.31. The Morgan fingerprint density at radius 1 is 0.915 bits per heavy atom. The lowest BCUT2D eigenvalue weighted by atomic mass is 9.95. The molecule has 3 aromatic carbocycles. The monoisotopic (exact) mass is 648 g/mol. The lowest BCUT2D eigenvalue weighted by molar-refractivity contribution is -0.121. The number of hydrogen-bond donors (Lipinski definition) is 2. The number of fused-ring (bicyclic) bond motifs is 1. The van der Waals surface area contributed by atoms with Crippen LogP contribution in [0.3, 0.4) is 0 Å². The summed E-state index contributed by atoms with van der Waals surface area (Å²) in [5, 5.41) is 3.24. The largest absolute Gasteiger partial charge is 0.459 e. The van der Waals surface area contributed by atoms with E-state index in [-0.39, 0.29) is 49.0 Å². The van der Waals surface area contributed by atoms with Crippen molar-refractivity contribution < 1.29 is 36.0 Å². The normalized spacial score (nSPS) is 14.4. The summed E-state index contributed by atoms with van der Waals surface area (Å²) in [5.74, 6) is -6.05. The zero-order chi connectivity index (χ0) is 33.3. The number of likely N-dealkylation sites (tertiary alicyclic amines) is 1. The number of nitrogens with two attached hydrogens (primary N) is 1. The van der Waals surface area contributed by atoms with Gasteiger partial charge in [-0.25, -0.2) is 26.9 Å². The molecule has 1 aliphatic heterocycles. The molecule has 0 aliphatic carbocycles. The van der Waals surface area contributed by atoms with Crippen molar-refractivity contribution in [1.29, 1.82) is 0 Å². The molecule has 0 atom stereocenters. The fourth-order valence-corrected chi connectivity index (χ4v) is 5.59. The molecule has 12 heteroatoms. The lowest BCUT2D eigenvalue weighted by Crippen LogP contribution is -2.42. The molecule has 1 aliphatic rings. The van der Waals surface area contributed by atoms with Gasteiger partial charge in [0, 0.05) is 67.2 Å². The van der Waals surface area contributed by atoms with Crippen LogP contribution in [0, 0.1) is 17.5 Å². The average Bonchev–Trinajstić information content (AvgIpc) is 3.46. The van der Waals surface area contributed by atoms with Gasteiger partial charge in [0.05, 0.1) is 12.1 Å². The van der Waals surface area contributed by atoms with Crippen LogP contribution < -0.4 is 11.1 Å². The van der Waals surface area contributed by atoms with E-state index in [1.165, 1.54) is 11.0 Å². The molecule has 0 radical (unpaired) electrons. The third-order valence-corrected chi connectivity index (χ3v) is 8.14. The van der Waals surface area contributed by atoms with E-state index in [0.717, 1.165) is 5.56 Å². The highest BCUT2D eigenvalue weighted by atomic mass is 19.3. The third kappa shape index (κ3) is 7.11. The molecule has 3 N–H and O–H groups in total. The number of aromatic nitrogens is 1. The number of nitrogens with zero attached hydrogens (tertiary/aromatic N) is 2. The second kappa shape index (κ2) is 12.9. The first-order valence-corrected chi connectivity index (χ1v) is 14.9. The SMILES string of the molecule is Nc1ccc(CCC(=O)NCc2cc3cc(-c4ccc(C(=O)N5CCC(F)(F)CC5)cc4)cc(-c4c(F)cc(F)cc4F)c3o2)cn1. The molecule has 5 aromatic rings. The first kappa shape index (κ1) is 31.7. The number of halogens is 5. The van der Waals surface area contributed by atoms with E-state index in [2.05, 4.69) is 10.3 Å². The maximum Gasteiger partial charge on any atom is 0.253 e. The summed E-state index contributed by atoms with van der Waals surface area (Å²) < 4.78 is 77.0. The number of aryl methyl sites for hydroxylation is 1. The topological polar surface area (TPSA) is 101 Å². The van der Waals surface area contributed by atoms with Gasteiger partial charge in [0.15, 0.2) is 0 Å². The van der Waals surface area contributed by atoms with Crippen LogP contribution in [0.5, 0.6) is 0 Å². The van der Waals surface area contributed by atoms with Crippen molar-refractivity contribution in [2.75, 3.05) is 18.8 Å². The molecule has 1 saturated heterocycles. The van der Waals surface area contributed by atoms with Crippen LogP contribution in [-0.4, -0.2) is 40.7 Å². The molecule has 242 valence electrons. The maximum absolute atomic E-state index is 15.1. The smallest absolute Gasteiger partial charge is 0.253 e. The average molecular weight is 649 g/mol. The highest BCUT2D eigenvalue weighted by Gasteiger charge is 2.35. The first-order valence-electron chi connectivity index (χ1n) is 14.9. The van der Waals surface area contributed by atoms with E-state index in [0.29, 0.717) is 52.2 Å². The van der Waals surface area contributed by atoms with Gasteiger partial charge in [0.2, 0.25) is 5.91 Å². The van der Waals surface area contributed by atoms with Crippen molar-refractivity contribution in [3.63, 3.8) is 0 Å². The molecule has 0 saturated carbocycles. The van der Waals surface area contributed by atoms with Crippen molar-refractivity contribution >= 4 is 28.6 Å². The molecule has 2 aromatic heterocycles. The molecular formula is C35H29F5N4O3. The second-order valence-electron chi connectivity index (χ2n) is 11.5. The van der Waals surface area contributed by atoms with Crippen LogP contribution in [-0.2, 0) is 17.8 Å². The summed E-state index contributed by atoms with van der Waals surface area (Å²) in [6.45, 7) is -0.104. The number of benzene rings is 3.